The fourth-order valence-corrected chi connectivity index (χ4v) is 3.25. The van der Waals surface area contributed by atoms with Crippen LogP contribution in [-0.4, -0.2) is 0 Å². The van der Waals surface area contributed by atoms with Crippen LogP contribution in [0, 0.1) is 25.2 Å². The number of para-hydroxylation sites is 1. The first-order valence-corrected chi connectivity index (χ1v) is 7.91. The summed E-state index contributed by atoms with van der Waals surface area (Å²) in [5.74, 6) is 0. The van der Waals surface area contributed by atoms with Gasteiger partial charge >= 0.3 is 0 Å². The second-order valence-electron chi connectivity index (χ2n) is 6.26. The van der Waals surface area contributed by atoms with Gasteiger partial charge in [-0.05, 0) is 43.2 Å². The summed E-state index contributed by atoms with van der Waals surface area (Å²) in [6.45, 7) is 4.19. The molecule has 0 aliphatic carbocycles. The van der Waals surface area contributed by atoms with Gasteiger partial charge in [0.1, 0.15) is 18.7 Å². The monoisotopic (exact) mass is 313 g/mol. The molecule has 3 heteroatoms. The van der Waals surface area contributed by atoms with Crippen LogP contribution < -0.4 is 4.57 Å². The van der Waals surface area contributed by atoms with E-state index < -0.39 is 0 Å². The van der Waals surface area contributed by atoms with Crippen LogP contribution in [0.2, 0.25) is 0 Å². The second kappa shape index (κ2) is 5.21. The molecule has 0 saturated carbocycles. The normalized spacial score (nSPS) is 11.1. The average Bonchev–Trinajstić information content (AvgIpc) is 2.93. The molecule has 0 spiro atoms. The van der Waals surface area contributed by atoms with Gasteiger partial charge in [0.05, 0.1) is 5.56 Å². The highest BCUT2D eigenvalue weighted by molar-refractivity contribution is 6.08. The molecule has 0 fully saturated rings. The minimum absolute atomic E-state index is 0.573. The van der Waals surface area contributed by atoms with Gasteiger partial charge in [-0.1, -0.05) is 12.1 Å². The lowest BCUT2D eigenvalue weighted by Gasteiger charge is -2.05. The first kappa shape index (κ1) is 14.5. The van der Waals surface area contributed by atoms with Crippen molar-refractivity contribution in [2.24, 2.45) is 7.05 Å². The number of nitrogens with zero attached hydrogens (tertiary/aromatic N) is 2. The van der Waals surface area contributed by atoms with E-state index in [1.807, 2.05) is 12.1 Å². The second-order valence-corrected chi connectivity index (χ2v) is 6.26. The summed E-state index contributed by atoms with van der Waals surface area (Å²) in [4.78, 5) is 0. The molecular formula is C21H17N2O+. The highest BCUT2D eigenvalue weighted by atomic mass is 16.3. The maximum atomic E-state index is 9.30. The molecule has 116 valence electrons. The van der Waals surface area contributed by atoms with Crippen molar-refractivity contribution in [2.75, 3.05) is 0 Å². The fourth-order valence-electron chi connectivity index (χ4n) is 3.25. The van der Waals surface area contributed by atoms with Crippen molar-refractivity contribution in [1.29, 1.82) is 5.26 Å². The van der Waals surface area contributed by atoms with Crippen LogP contribution in [0.1, 0.15) is 16.7 Å². The van der Waals surface area contributed by atoms with E-state index in [4.69, 9.17) is 4.42 Å². The van der Waals surface area contributed by atoms with Crippen LogP contribution in [0.4, 0.5) is 0 Å². The molecule has 2 aromatic heterocycles. The molecule has 0 unspecified atom stereocenters. The molecule has 0 saturated heterocycles. The number of nitriles is 1. The van der Waals surface area contributed by atoms with Gasteiger partial charge in [0.15, 0.2) is 11.8 Å². The zero-order valence-electron chi connectivity index (χ0n) is 13.9. The maximum Gasteiger partial charge on any atom is 0.212 e. The summed E-state index contributed by atoms with van der Waals surface area (Å²) in [5.41, 5.74) is 6.79. The van der Waals surface area contributed by atoms with E-state index in [0.29, 0.717) is 11.1 Å². The SMILES string of the molecule is Cc1cc[n+](C)c(-c2cc3c(cc2C)oc2c(C#N)cccc23)c1. The number of aromatic nitrogens is 1. The van der Waals surface area contributed by atoms with Gasteiger partial charge in [-0.25, -0.2) is 4.57 Å². The minimum Gasteiger partial charge on any atom is -0.455 e. The Balaban J connectivity index is 2.08. The van der Waals surface area contributed by atoms with Gasteiger partial charge in [-0.15, -0.1) is 0 Å². The number of fused-ring (bicyclic) bond motifs is 3. The smallest absolute Gasteiger partial charge is 0.212 e. The Hall–Kier alpha value is -3.12. The predicted octanol–water partition coefficient (Wildman–Crippen LogP) is 4.57. The van der Waals surface area contributed by atoms with Gasteiger partial charge in [-0.2, -0.15) is 5.26 Å². The zero-order valence-corrected chi connectivity index (χ0v) is 13.9. The van der Waals surface area contributed by atoms with E-state index in [9.17, 15) is 5.26 Å². The van der Waals surface area contributed by atoms with Gasteiger partial charge in [0, 0.05) is 28.5 Å². The van der Waals surface area contributed by atoms with Crippen LogP contribution in [-0.2, 0) is 7.05 Å². The largest absolute Gasteiger partial charge is 0.455 e. The molecule has 24 heavy (non-hydrogen) atoms. The molecule has 0 radical (unpaired) electrons. The van der Waals surface area contributed by atoms with Crippen LogP contribution in [0.5, 0.6) is 0 Å². The van der Waals surface area contributed by atoms with Gasteiger partial charge in [0.2, 0.25) is 5.69 Å². The predicted molar refractivity (Wildman–Crippen MR) is 94.5 cm³/mol. The molecule has 0 aliphatic heterocycles. The first-order valence-electron chi connectivity index (χ1n) is 7.91. The van der Waals surface area contributed by atoms with Gasteiger partial charge in [0.25, 0.3) is 0 Å². The van der Waals surface area contributed by atoms with E-state index in [2.05, 4.69) is 62.0 Å². The Morgan fingerprint density at radius 1 is 1.04 bits per heavy atom. The number of benzene rings is 2. The molecule has 2 aromatic carbocycles. The number of aryl methyl sites for hydroxylation is 3. The van der Waals surface area contributed by atoms with Crippen molar-refractivity contribution in [3.8, 4) is 17.3 Å². The lowest BCUT2D eigenvalue weighted by atomic mass is 10.00. The third-order valence-corrected chi connectivity index (χ3v) is 4.55. The summed E-state index contributed by atoms with van der Waals surface area (Å²) in [6, 6.07) is 16.4. The summed E-state index contributed by atoms with van der Waals surface area (Å²) >= 11 is 0. The molecular weight excluding hydrogens is 296 g/mol. The summed E-state index contributed by atoms with van der Waals surface area (Å²) in [5, 5.41) is 11.3. The quantitative estimate of drug-likeness (QED) is 0.483. The number of pyridine rings is 1. The third-order valence-electron chi connectivity index (χ3n) is 4.55. The first-order chi connectivity index (χ1) is 11.6. The van der Waals surface area contributed by atoms with Gasteiger partial charge < -0.3 is 4.42 Å². The Morgan fingerprint density at radius 2 is 1.88 bits per heavy atom. The molecule has 0 atom stereocenters. The number of hydrogen-bond acceptors (Lipinski definition) is 2. The van der Waals surface area contributed by atoms with E-state index in [1.165, 1.54) is 16.8 Å². The molecule has 0 bridgehead atoms. The van der Waals surface area contributed by atoms with Crippen LogP contribution in [0.15, 0.2) is 53.1 Å². The highest BCUT2D eigenvalue weighted by Crippen LogP contribution is 2.35. The molecule has 3 nitrogen and oxygen atoms in total. The highest BCUT2D eigenvalue weighted by Gasteiger charge is 2.17. The van der Waals surface area contributed by atoms with Crippen molar-refractivity contribution in [3.63, 3.8) is 0 Å². The summed E-state index contributed by atoms with van der Waals surface area (Å²) < 4.78 is 8.10. The lowest BCUT2D eigenvalue weighted by molar-refractivity contribution is -0.660. The van der Waals surface area contributed by atoms with E-state index in [0.717, 1.165) is 21.9 Å². The Bertz CT molecular complexity index is 1150. The van der Waals surface area contributed by atoms with Crippen LogP contribution in [0.3, 0.4) is 0 Å². The van der Waals surface area contributed by atoms with E-state index in [1.54, 1.807) is 6.07 Å². The van der Waals surface area contributed by atoms with Crippen molar-refractivity contribution in [3.05, 3.63) is 65.4 Å². The van der Waals surface area contributed by atoms with Crippen molar-refractivity contribution in [2.45, 2.75) is 13.8 Å². The van der Waals surface area contributed by atoms with Gasteiger partial charge in [-0.3, -0.25) is 0 Å². The zero-order chi connectivity index (χ0) is 16.8. The third kappa shape index (κ3) is 2.08. The summed E-state index contributed by atoms with van der Waals surface area (Å²) in [7, 11) is 2.06. The molecule has 0 amide bonds. The van der Waals surface area contributed by atoms with Crippen molar-refractivity contribution < 1.29 is 8.98 Å². The van der Waals surface area contributed by atoms with E-state index >= 15 is 0 Å². The number of rotatable bonds is 1. The molecule has 4 aromatic rings. The van der Waals surface area contributed by atoms with Crippen LogP contribution >= 0.6 is 0 Å². The van der Waals surface area contributed by atoms with Crippen molar-refractivity contribution >= 4 is 21.9 Å². The minimum atomic E-state index is 0.573. The maximum absolute atomic E-state index is 9.30. The Kier molecular flexibility index (Phi) is 3.14. The fraction of sp³-hybridized carbons (Fsp3) is 0.143. The molecule has 0 N–H and O–H groups in total. The number of hydrogen-bond donors (Lipinski definition) is 0. The Labute approximate surface area is 140 Å². The van der Waals surface area contributed by atoms with Crippen molar-refractivity contribution in [1.82, 2.24) is 0 Å². The lowest BCUT2D eigenvalue weighted by Crippen LogP contribution is -2.30. The average molecular weight is 313 g/mol. The molecule has 2 heterocycles. The summed E-state index contributed by atoms with van der Waals surface area (Å²) in [6.07, 6.45) is 2.08. The van der Waals surface area contributed by atoms with E-state index in [-0.39, 0.29) is 0 Å². The molecule has 4 rings (SSSR count). The standard InChI is InChI=1S/C21H17N2O/c1-13-7-8-23(3)19(9-13)17-11-18-16-6-4-5-15(12-22)21(16)24-20(18)10-14(17)2/h4-11H,1-3H3/q+1. The molecule has 0 aliphatic rings. The Morgan fingerprint density at radius 3 is 2.67 bits per heavy atom. The topological polar surface area (TPSA) is 40.8 Å². The number of furan rings is 1. The van der Waals surface area contributed by atoms with Crippen LogP contribution in [0.25, 0.3) is 33.2 Å².